The van der Waals surface area contributed by atoms with Gasteiger partial charge in [0.2, 0.25) is 0 Å². The van der Waals surface area contributed by atoms with Crippen molar-refractivity contribution in [2.75, 3.05) is 6.61 Å². The van der Waals surface area contributed by atoms with Gasteiger partial charge in [0.25, 0.3) is 0 Å². The fraction of sp³-hybridized carbons (Fsp3) is 0.455. The van der Waals surface area contributed by atoms with E-state index in [0.29, 0.717) is 12.3 Å². The molecule has 0 bridgehead atoms. The Morgan fingerprint density at radius 3 is 3.00 bits per heavy atom. The van der Waals surface area contributed by atoms with Crippen molar-refractivity contribution in [2.24, 2.45) is 0 Å². The molecule has 0 saturated heterocycles. The zero-order chi connectivity index (χ0) is 11.5. The van der Waals surface area contributed by atoms with Crippen molar-refractivity contribution < 1.29 is 9.53 Å². The van der Waals surface area contributed by atoms with Crippen LogP contribution in [0.1, 0.15) is 30.8 Å². The van der Waals surface area contributed by atoms with E-state index in [9.17, 15) is 4.79 Å². The van der Waals surface area contributed by atoms with Crippen molar-refractivity contribution in [1.82, 2.24) is 14.2 Å². The number of aromatic nitrogens is 3. The summed E-state index contributed by atoms with van der Waals surface area (Å²) in [7, 11) is 0. The summed E-state index contributed by atoms with van der Waals surface area (Å²) in [5, 5.41) is 0. The van der Waals surface area contributed by atoms with Gasteiger partial charge in [0.15, 0.2) is 11.3 Å². The van der Waals surface area contributed by atoms with Crippen molar-refractivity contribution in [3.63, 3.8) is 0 Å². The summed E-state index contributed by atoms with van der Waals surface area (Å²) in [6, 6.07) is 1.89. The molecule has 5 heteroatoms. The van der Waals surface area contributed by atoms with Crippen molar-refractivity contribution in [3.05, 3.63) is 24.2 Å². The van der Waals surface area contributed by atoms with Gasteiger partial charge in [-0.2, -0.15) is 0 Å². The number of esters is 1. The van der Waals surface area contributed by atoms with Crippen LogP contribution in [0, 0.1) is 0 Å². The lowest BCUT2D eigenvalue weighted by atomic mass is 10.5. The molecular formula is C11H15N3O2. The second-order valence-corrected chi connectivity index (χ2v) is 3.51. The molecule has 0 aliphatic rings. The second kappa shape index (κ2) is 4.38. The van der Waals surface area contributed by atoms with Gasteiger partial charge in [0.1, 0.15) is 0 Å². The number of nitrogens with zero attached hydrogens (tertiary/aromatic N) is 3. The molecule has 0 spiro atoms. The topological polar surface area (TPSA) is 48.5 Å². The number of aryl methyl sites for hydroxylation is 1. The first kappa shape index (κ1) is 10.7. The molecule has 2 aromatic rings. The quantitative estimate of drug-likeness (QED) is 0.738. The van der Waals surface area contributed by atoms with Crippen LogP contribution in [-0.2, 0) is 11.3 Å². The minimum absolute atomic E-state index is 0.328. The van der Waals surface area contributed by atoms with E-state index in [0.717, 1.165) is 18.6 Å². The first-order chi connectivity index (χ1) is 7.77. The number of hydrogen-bond acceptors (Lipinski definition) is 3. The molecule has 0 saturated carbocycles. The first-order valence-electron chi connectivity index (χ1n) is 5.48. The Labute approximate surface area is 93.6 Å². The van der Waals surface area contributed by atoms with Gasteiger partial charge < -0.3 is 4.74 Å². The van der Waals surface area contributed by atoms with E-state index >= 15 is 0 Å². The van der Waals surface area contributed by atoms with Crippen LogP contribution in [-0.4, -0.2) is 26.8 Å². The third-order valence-corrected chi connectivity index (χ3v) is 2.35. The van der Waals surface area contributed by atoms with Crippen LogP contribution in [0.15, 0.2) is 18.5 Å². The molecule has 0 atom stereocenters. The van der Waals surface area contributed by atoms with Crippen LogP contribution in [0.2, 0.25) is 0 Å². The van der Waals surface area contributed by atoms with E-state index < -0.39 is 0 Å². The van der Waals surface area contributed by atoms with Gasteiger partial charge in [-0.25, -0.2) is 14.3 Å². The third kappa shape index (κ3) is 1.68. The Kier molecular flexibility index (Phi) is 2.94. The molecule has 86 valence electrons. The number of carbonyl (C=O) groups excluding carboxylic acids is 1. The summed E-state index contributed by atoms with van der Waals surface area (Å²) in [5.41, 5.74) is 1.26. The third-order valence-electron chi connectivity index (χ3n) is 2.35. The Balaban J connectivity index is 2.44. The van der Waals surface area contributed by atoms with Gasteiger partial charge in [-0.15, -0.1) is 0 Å². The second-order valence-electron chi connectivity index (χ2n) is 3.51. The number of ether oxygens (including phenoxy) is 1. The zero-order valence-electron chi connectivity index (χ0n) is 9.51. The molecule has 0 aromatic carbocycles. The summed E-state index contributed by atoms with van der Waals surface area (Å²) >= 11 is 0. The lowest BCUT2D eigenvalue weighted by molar-refractivity contribution is 0.0515. The average molecular weight is 221 g/mol. The number of fused-ring (bicyclic) bond motifs is 1. The zero-order valence-corrected chi connectivity index (χ0v) is 9.51. The van der Waals surface area contributed by atoms with Gasteiger partial charge in [0, 0.05) is 18.8 Å². The average Bonchev–Trinajstić information content (AvgIpc) is 2.81. The molecular weight excluding hydrogens is 206 g/mol. The first-order valence-corrected chi connectivity index (χ1v) is 5.48. The van der Waals surface area contributed by atoms with Crippen molar-refractivity contribution in [2.45, 2.75) is 26.8 Å². The predicted molar refractivity (Wildman–Crippen MR) is 59.4 cm³/mol. The van der Waals surface area contributed by atoms with E-state index in [-0.39, 0.29) is 5.97 Å². The van der Waals surface area contributed by atoms with Crippen molar-refractivity contribution >= 4 is 11.6 Å². The molecule has 2 heterocycles. The van der Waals surface area contributed by atoms with Crippen LogP contribution < -0.4 is 0 Å². The van der Waals surface area contributed by atoms with Crippen molar-refractivity contribution in [1.29, 1.82) is 0 Å². The highest BCUT2D eigenvalue weighted by Gasteiger charge is 2.15. The normalized spacial score (nSPS) is 10.9. The highest BCUT2D eigenvalue weighted by Crippen LogP contribution is 2.09. The summed E-state index contributed by atoms with van der Waals surface area (Å²) in [6.07, 6.45) is 4.48. The lowest BCUT2D eigenvalue weighted by Crippen LogP contribution is -2.13. The number of carbonyl (C=O) groups is 1. The Hall–Kier alpha value is -1.78. The molecule has 2 rings (SSSR count). The van der Waals surface area contributed by atoms with Gasteiger partial charge in [-0.05, 0) is 13.3 Å². The molecule has 0 fully saturated rings. The van der Waals surface area contributed by atoms with E-state index in [2.05, 4.69) is 11.9 Å². The number of hydrogen-bond donors (Lipinski definition) is 0. The summed E-state index contributed by atoms with van der Waals surface area (Å²) < 4.78 is 8.74. The fourth-order valence-corrected chi connectivity index (χ4v) is 1.71. The minimum atomic E-state index is -0.328. The van der Waals surface area contributed by atoms with Crippen LogP contribution >= 0.6 is 0 Å². The van der Waals surface area contributed by atoms with Gasteiger partial charge >= 0.3 is 5.97 Å². The molecule has 0 aliphatic heterocycles. The SMILES string of the molecule is CCCn1ccc2ncc(C(=O)OCC)n21. The standard InChI is InChI=1S/C11H15N3O2/c1-3-6-13-7-5-10-12-8-9(14(10)13)11(15)16-4-2/h5,7-8H,3-4,6H2,1-2H3. The monoisotopic (exact) mass is 221 g/mol. The highest BCUT2D eigenvalue weighted by atomic mass is 16.5. The highest BCUT2D eigenvalue weighted by molar-refractivity contribution is 5.88. The van der Waals surface area contributed by atoms with Gasteiger partial charge in [-0.1, -0.05) is 6.92 Å². The Morgan fingerprint density at radius 1 is 1.50 bits per heavy atom. The van der Waals surface area contributed by atoms with E-state index in [1.54, 1.807) is 17.6 Å². The molecule has 0 amide bonds. The molecule has 0 unspecified atom stereocenters. The molecule has 2 aromatic heterocycles. The van der Waals surface area contributed by atoms with Gasteiger partial charge in [0.05, 0.1) is 12.8 Å². The van der Waals surface area contributed by atoms with Crippen LogP contribution in [0.5, 0.6) is 0 Å². The van der Waals surface area contributed by atoms with Crippen LogP contribution in [0.4, 0.5) is 0 Å². The summed E-state index contributed by atoms with van der Waals surface area (Å²) in [6.45, 7) is 5.11. The molecule has 0 radical (unpaired) electrons. The van der Waals surface area contributed by atoms with Crippen molar-refractivity contribution in [3.8, 4) is 0 Å². The lowest BCUT2D eigenvalue weighted by Gasteiger charge is -2.06. The smallest absolute Gasteiger partial charge is 0.358 e. The number of rotatable bonds is 4. The predicted octanol–water partition coefficient (Wildman–Crippen LogP) is 1.72. The van der Waals surface area contributed by atoms with E-state index in [1.165, 1.54) is 0 Å². The van der Waals surface area contributed by atoms with E-state index in [4.69, 9.17) is 4.74 Å². The minimum Gasteiger partial charge on any atom is -0.461 e. The molecule has 5 nitrogen and oxygen atoms in total. The molecule has 0 aliphatic carbocycles. The fourth-order valence-electron chi connectivity index (χ4n) is 1.71. The summed E-state index contributed by atoms with van der Waals surface area (Å²) in [4.78, 5) is 15.8. The molecule has 16 heavy (non-hydrogen) atoms. The van der Waals surface area contributed by atoms with E-state index in [1.807, 2.05) is 16.9 Å². The Morgan fingerprint density at radius 2 is 2.31 bits per heavy atom. The van der Waals surface area contributed by atoms with Gasteiger partial charge in [-0.3, -0.25) is 4.68 Å². The number of imidazole rings is 1. The van der Waals surface area contributed by atoms with Crippen LogP contribution in [0.3, 0.4) is 0 Å². The maximum atomic E-state index is 11.7. The summed E-state index contributed by atoms with van der Waals surface area (Å²) in [5.74, 6) is -0.328. The van der Waals surface area contributed by atoms with Crippen LogP contribution in [0.25, 0.3) is 5.65 Å². The maximum absolute atomic E-state index is 11.7. The maximum Gasteiger partial charge on any atom is 0.358 e. The Bertz CT molecular complexity index is 498. The molecule has 0 N–H and O–H groups in total. The largest absolute Gasteiger partial charge is 0.461 e.